The van der Waals surface area contributed by atoms with Crippen molar-refractivity contribution in [1.82, 2.24) is 0 Å². The Bertz CT molecular complexity index is 399. The van der Waals surface area contributed by atoms with E-state index in [1.807, 2.05) is 0 Å². The first kappa shape index (κ1) is 15.7. The lowest BCUT2D eigenvalue weighted by Gasteiger charge is -2.11. The SMILES string of the molecule is CO[C@@H]1OC[C@@H]2OC(=O)C[C@H]12.CO[C@H]1OC[C@@H]2OC(=O)C[C@H]12. The molecule has 4 heterocycles. The average Bonchev–Trinajstić information content (AvgIpc) is 3.19. The Morgan fingerprint density at radius 2 is 1.23 bits per heavy atom. The molecule has 4 rings (SSSR count). The lowest BCUT2D eigenvalue weighted by atomic mass is 10.0. The summed E-state index contributed by atoms with van der Waals surface area (Å²) in [6, 6.07) is 0. The van der Waals surface area contributed by atoms with Gasteiger partial charge in [-0.05, 0) is 0 Å². The summed E-state index contributed by atoms with van der Waals surface area (Å²) in [6.45, 7) is 0.962. The summed E-state index contributed by atoms with van der Waals surface area (Å²) in [7, 11) is 3.16. The van der Waals surface area contributed by atoms with Gasteiger partial charge in [0.1, 0.15) is 12.2 Å². The Balaban J connectivity index is 0.000000131. The van der Waals surface area contributed by atoms with E-state index >= 15 is 0 Å². The zero-order valence-electron chi connectivity index (χ0n) is 12.6. The van der Waals surface area contributed by atoms with E-state index in [1.54, 1.807) is 14.2 Å². The van der Waals surface area contributed by atoms with Crippen LogP contribution in [-0.2, 0) is 38.0 Å². The summed E-state index contributed by atoms with van der Waals surface area (Å²) >= 11 is 0. The molecular formula is C14H20O8. The first-order valence-electron chi connectivity index (χ1n) is 7.30. The number of carbonyl (C=O) groups excluding carboxylic acids is 2. The molecule has 0 unspecified atom stereocenters. The van der Waals surface area contributed by atoms with Crippen molar-refractivity contribution in [2.75, 3.05) is 27.4 Å². The van der Waals surface area contributed by atoms with Crippen LogP contribution in [0.5, 0.6) is 0 Å². The van der Waals surface area contributed by atoms with Crippen LogP contribution in [0.3, 0.4) is 0 Å². The smallest absolute Gasteiger partial charge is 0.306 e. The van der Waals surface area contributed by atoms with Crippen molar-refractivity contribution >= 4 is 11.9 Å². The Morgan fingerprint density at radius 3 is 1.59 bits per heavy atom. The summed E-state index contributed by atoms with van der Waals surface area (Å²) in [4.78, 5) is 21.6. The monoisotopic (exact) mass is 316 g/mol. The number of ether oxygens (including phenoxy) is 6. The molecule has 8 heteroatoms. The normalized spacial score (nSPS) is 42.3. The van der Waals surface area contributed by atoms with Gasteiger partial charge in [-0.1, -0.05) is 0 Å². The molecule has 0 spiro atoms. The van der Waals surface area contributed by atoms with Crippen LogP contribution < -0.4 is 0 Å². The molecule has 0 aromatic heterocycles. The molecule has 0 bridgehead atoms. The largest absolute Gasteiger partial charge is 0.459 e. The first-order chi connectivity index (χ1) is 10.6. The minimum Gasteiger partial charge on any atom is -0.459 e. The van der Waals surface area contributed by atoms with Gasteiger partial charge in [-0.3, -0.25) is 9.59 Å². The second kappa shape index (κ2) is 6.49. The van der Waals surface area contributed by atoms with Crippen molar-refractivity contribution < 1.29 is 38.0 Å². The summed E-state index contributed by atoms with van der Waals surface area (Å²) in [5, 5.41) is 0. The van der Waals surface area contributed by atoms with E-state index in [-0.39, 0.29) is 48.6 Å². The molecule has 0 N–H and O–H groups in total. The van der Waals surface area contributed by atoms with E-state index in [4.69, 9.17) is 28.4 Å². The highest BCUT2D eigenvalue weighted by molar-refractivity contribution is 5.72. The molecule has 0 radical (unpaired) electrons. The number of rotatable bonds is 2. The van der Waals surface area contributed by atoms with Gasteiger partial charge in [-0.15, -0.1) is 0 Å². The fourth-order valence-electron chi connectivity index (χ4n) is 3.23. The van der Waals surface area contributed by atoms with Crippen molar-refractivity contribution in [3.63, 3.8) is 0 Å². The standard InChI is InChI=1S/2C7H10O4/c2*1-9-7-4-2-6(8)11-5(4)3-10-7/h2*4-5,7H,2-3H2,1H3/t4-,5-,7+;4-,5-,7-/m00/s1. The highest BCUT2D eigenvalue weighted by Crippen LogP contribution is 2.33. The molecule has 4 aliphatic heterocycles. The van der Waals surface area contributed by atoms with Crippen molar-refractivity contribution in [2.24, 2.45) is 11.8 Å². The molecule has 124 valence electrons. The molecule has 4 saturated heterocycles. The van der Waals surface area contributed by atoms with Crippen molar-refractivity contribution in [2.45, 2.75) is 37.6 Å². The number of hydrogen-bond acceptors (Lipinski definition) is 8. The van der Waals surface area contributed by atoms with Crippen LogP contribution in [0.25, 0.3) is 0 Å². The van der Waals surface area contributed by atoms with Gasteiger partial charge < -0.3 is 28.4 Å². The van der Waals surface area contributed by atoms with Gasteiger partial charge in [0.15, 0.2) is 12.6 Å². The topological polar surface area (TPSA) is 89.5 Å². The number of esters is 2. The third-order valence-corrected chi connectivity index (χ3v) is 4.34. The van der Waals surface area contributed by atoms with Gasteiger partial charge in [-0.25, -0.2) is 0 Å². The van der Waals surface area contributed by atoms with E-state index in [1.165, 1.54) is 0 Å². The summed E-state index contributed by atoms with van der Waals surface area (Å²) in [6.07, 6.45) is 0.254. The Hall–Kier alpha value is -1.22. The highest BCUT2D eigenvalue weighted by Gasteiger charge is 2.47. The highest BCUT2D eigenvalue weighted by atomic mass is 16.7. The third-order valence-electron chi connectivity index (χ3n) is 4.34. The van der Waals surface area contributed by atoms with Crippen LogP contribution in [0, 0.1) is 11.8 Å². The number of methoxy groups -OCH3 is 2. The van der Waals surface area contributed by atoms with E-state index in [2.05, 4.69) is 0 Å². The van der Waals surface area contributed by atoms with E-state index in [0.717, 1.165) is 0 Å². The Labute approximate surface area is 127 Å². The molecule has 0 aromatic rings. The summed E-state index contributed by atoms with van der Waals surface area (Å²) < 4.78 is 30.4. The molecule has 0 amide bonds. The number of fused-ring (bicyclic) bond motifs is 2. The van der Waals surface area contributed by atoms with Crippen LogP contribution in [0.15, 0.2) is 0 Å². The zero-order chi connectivity index (χ0) is 15.7. The predicted octanol–water partition coefficient (Wildman–Crippen LogP) is -0.158. The Kier molecular flexibility index (Phi) is 4.62. The fraction of sp³-hybridized carbons (Fsp3) is 0.857. The molecular weight excluding hydrogens is 296 g/mol. The maximum Gasteiger partial charge on any atom is 0.306 e. The van der Waals surface area contributed by atoms with Gasteiger partial charge in [0.05, 0.1) is 37.9 Å². The van der Waals surface area contributed by atoms with Crippen molar-refractivity contribution in [3.8, 4) is 0 Å². The summed E-state index contributed by atoms with van der Waals surface area (Å²) in [5.74, 6) is -0.0318. The van der Waals surface area contributed by atoms with Gasteiger partial charge in [0.25, 0.3) is 0 Å². The van der Waals surface area contributed by atoms with E-state index < -0.39 is 0 Å². The molecule has 4 aliphatic rings. The minimum atomic E-state index is -0.244. The molecule has 0 saturated carbocycles. The Morgan fingerprint density at radius 1 is 0.818 bits per heavy atom. The molecule has 0 aromatic carbocycles. The van der Waals surface area contributed by atoms with Gasteiger partial charge in [-0.2, -0.15) is 0 Å². The molecule has 4 fully saturated rings. The lowest BCUT2D eigenvalue weighted by molar-refractivity contribution is -0.146. The molecule has 8 nitrogen and oxygen atoms in total. The second-order valence-electron chi connectivity index (χ2n) is 5.67. The van der Waals surface area contributed by atoms with Gasteiger partial charge in [0.2, 0.25) is 0 Å². The molecule has 6 atom stereocenters. The van der Waals surface area contributed by atoms with E-state index in [0.29, 0.717) is 26.1 Å². The lowest BCUT2D eigenvalue weighted by Crippen LogP contribution is -2.20. The maximum absolute atomic E-state index is 10.8. The van der Waals surface area contributed by atoms with Crippen LogP contribution in [0.2, 0.25) is 0 Å². The minimum absolute atomic E-state index is 0.0625. The number of hydrogen-bond donors (Lipinski definition) is 0. The van der Waals surface area contributed by atoms with Crippen LogP contribution in [0.1, 0.15) is 12.8 Å². The van der Waals surface area contributed by atoms with Gasteiger partial charge in [0, 0.05) is 14.2 Å². The predicted molar refractivity (Wildman–Crippen MR) is 69.5 cm³/mol. The van der Waals surface area contributed by atoms with Crippen molar-refractivity contribution in [1.29, 1.82) is 0 Å². The van der Waals surface area contributed by atoms with Crippen LogP contribution in [-0.4, -0.2) is 64.2 Å². The first-order valence-corrected chi connectivity index (χ1v) is 7.30. The average molecular weight is 316 g/mol. The zero-order valence-corrected chi connectivity index (χ0v) is 12.6. The molecule has 0 aliphatic carbocycles. The second-order valence-corrected chi connectivity index (χ2v) is 5.67. The number of carbonyl (C=O) groups is 2. The van der Waals surface area contributed by atoms with Gasteiger partial charge >= 0.3 is 11.9 Å². The summed E-state index contributed by atoms with van der Waals surface area (Å²) in [5.41, 5.74) is 0. The van der Waals surface area contributed by atoms with Crippen molar-refractivity contribution in [3.05, 3.63) is 0 Å². The van der Waals surface area contributed by atoms with E-state index in [9.17, 15) is 9.59 Å². The van der Waals surface area contributed by atoms with Crippen LogP contribution >= 0.6 is 0 Å². The maximum atomic E-state index is 10.8. The quantitative estimate of drug-likeness (QED) is 0.649. The van der Waals surface area contributed by atoms with Crippen LogP contribution in [0.4, 0.5) is 0 Å². The fourth-order valence-corrected chi connectivity index (χ4v) is 3.23. The third kappa shape index (κ3) is 2.96. The molecule has 22 heavy (non-hydrogen) atoms.